The molecule has 0 bridgehead atoms. The molecule has 6 nitrogen and oxygen atoms in total. The van der Waals surface area contributed by atoms with E-state index in [1.807, 2.05) is 0 Å². The molecule has 0 radical (unpaired) electrons. The molecule has 0 aliphatic carbocycles. The molecule has 0 atom stereocenters. The van der Waals surface area contributed by atoms with Gasteiger partial charge in [-0.2, -0.15) is 0 Å². The molecule has 9 heavy (non-hydrogen) atoms. The Kier molecular flexibility index (Phi) is 18.3. The van der Waals surface area contributed by atoms with E-state index in [1.54, 1.807) is 0 Å². The Morgan fingerprint density at radius 2 is 1.00 bits per heavy atom. The van der Waals surface area contributed by atoms with Crippen LogP contribution in [0.25, 0.3) is 0 Å². The molecule has 0 aromatic heterocycles. The van der Waals surface area contributed by atoms with E-state index in [2.05, 4.69) is 11.5 Å². The molecule has 0 aliphatic rings. The van der Waals surface area contributed by atoms with Gasteiger partial charge in [-0.3, -0.25) is 0 Å². The van der Waals surface area contributed by atoms with Crippen molar-refractivity contribution in [3.8, 4) is 0 Å². The van der Waals surface area contributed by atoms with Crippen molar-refractivity contribution >= 4 is 12.2 Å². The average Bonchev–Trinajstić information content (AvgIpc) is 1.25. The molecule has 0 fully saturated rings. The van der Waals surface area contributed by atoms with Gasteiger partial charge >= 0.3 is 27.3 Å². The standard InChI is InChI=1S/2CH3NO2.Cd/c2*2-1(3)4;/h2*2H2,(H,3,4);/q;;+2/p-2. The van der Waals surface area contributed by atoms with E-state index in [9.17, 15) is 0 Å². The Labute approximate surface area is 71.0 Å². The second kappa shape index (κ2) is 10.4. The molecule has 0 heterocycles. The van der Waals surface area contributed by atoms with Crippen LogP contribution in [0.15, 0.2) is 0 Å². The van der Waals surface area contributed by atoms with Crippen molar-refractivity contribution in [1.29, 1.82) is 0 Å². The Hall–Kier alpha value is -0.538. The second-order valence-corrected chi connectivity index (χ2v) is 0.638. The first-order valence-electron chi connectivity index (χ1n) is 1.39. The molecular formula is C2H4CdN2O4. The third-order valence-corrected chi connectivity index (χ3v) is 0. The Morgan fingerprint density at radius 1 is 1.00 bits per heavy atom. The smallest absolute Gasteiger partial charge is 0.530 e. The van der Waals surface area contributed by atoms with Gasteiger partial charge in [0.15, 0.2) is 0 Å². The van der Waals surface area contributed by atoms with Crippen LogP contribution in [0.2, 0.25) is 0 Å². The Morgan fingerprint density at radius 3 is 1.00 bits per heavy atom. The molecule has 0 rings (SSSR count). The molecule has 4 N–H and O–H groups in total. The first-order chi connectivity index (χ1) is 3.46. The summed E-state index contributed by atoms with van der Waals surface area (Å²) in [7, 11) is 0. The van der Waals surface area contributed by atoms with E-state index in [1.165, 1.54) is 0 Å². The summed E-state index contributed by atoms with van der Waals surface area (Å²) in [5, 5.41) is 17.3. The largest absolute Gasteiger partial charge is 2.00 e. The van der Waals surface area contributed by atoms with Crippen molar-refractivity contribution < 1.29 is 47.1 Å². The number of carboxylic acid groups (broad SMARTS) is 2. The van der Waals surface area contributed by atoms with Crippen LogP contribution >= 0.6 is 0 Å². The zero-order valence-electron chi connectivity index (χ0n) is 4.49. The van der Waals surface area contributed by atoms with Crippen LogP contribution in [-0.4, -0.2) is 12.2 Å². The summed E-state index contributed by atoms with van der Waals surface area (Å²) in [5.41, 5.74) is 7.83. The summed E-state index contributed by atoms with van der Waals surface area (Å²) in [5.74, 6) is 0. The molecule has 2 amide bonds. The summed E-state index contributed by atoms with van der Waals surface area (Å²) in [4.78, 5) is 17.3. The quantitative estimate of drug-likeness (QED) is 0.421. The summed E-state index contributed by atoms with van der Waals surface area (Å²) >= 11 is 0. The van der Waals surface area contributed by atoms with Crippen molar-refractivity contribution in [2.45, 2.75) is 0 Å². The van der Waals surface area contributed by atoms with Gasteiger partial charge in [0.25, 0.3) is 0 Å². The van der Waals surface area contributed by atoms with Gasteiger partial charge in [0.05, 0.1) is 0 Å². The van der Waals surface area contributed by atoms with Crippen LogP contribution in [0.5, 0.6) is 0 Å². The maximum Gasteiger partial charge on any atom is 2.00 e. The van der Waals surface area contributed by atoms with Gasteiger partial charge in [-0.05, 0) is 0 Å². The van der Waals surface area contributed by atoms with E-state index >= 15 is 0 Å². The van der Waals surface area contributed by atoms with Gasteiger partial charge in [0.1, 0.15) is 12.2 Å². The van der Waals surface area contributed by atoms with Crippen LogP contribution < -0.4 is 21.7 Å². The van der Waals surface area contributed by atoms with Crippen LogP contribution in [-0.2, 0) is 27.3 Å². The number of hydrogen-bond acceptors (Lipinski definition) is 4. The van der Waals surface area contributed by atoms with E-state index in [0.717, 1.165) is 0 Å². The van der Waals surface area contributed by atoms with E-state index < -0.39 is 12.2 Å². The first-order valence-corrected chi connectivity index (χ1v) is 1.39. The van der Waals surface area contributed by atoms with Crippen molar-refractivity contribution in [2.24, 2.45) is 11.5 Å². The van der Waals surface area contributed by atoms with Crippen LogP contribution in [0, 0.1) is 0 Å². The normalized spacial score (nSPS) is 5.33. The van der Waals surface area contributed by atoms with Gasteiger partial charge in [-0.1, -0.05) is 0 Å². The van der Waals surface area contributed by atoms with E-state index in [0.29, 0.717) is 0 Å². The Balaban J connectivity index is -0.0000000720. The van der Waals surface area contributed by atoms with Gasteiger partial charge in [0, 0.05) is 0 Å². The van der Waals surface area contributed by atoms with Crippen LogP contribution in [0.1, 0.15) is 0 Å². The van der Waals surface area contributed by atoms with Crippen molar-refractivity contribution in [2.75, 3.05) is 0 Å². The van der Waals surface area contributed by atoms with Crippen molar-refractivity contribution in [1.82, 2.24) is 0 Å². The Bertz CT molecular complexity index is 74.6. The minimum atomic E-state index is -1.58. The molecule has 0 spiro atoms. The van der Waals surface area contributed by atoms with E-state index in [4.69, 9.17) is 19.8 Å². The predicted molar refractivity (Wildman–Crippen MR) is 19.2 cm³/mol. The summed E-state index contributed by atoms with van der Waals surface area (Å²) < 4.78 is 0. The van der Waals surface area contributed by atoms with Crippen LogP contribution in [0.4, 0.5) is 9.59 Å². The molecule has 0 saturated heterocycles. The number of rotatable bonds is 0. The summed E-state index contributed by atoms with van der Waals surface area (Å²) in [6.45, 7) is 0. The molecule has 48 valence electrons. The van der Waals surface area contributed by atoms with Crippen molar-refractivity contribution in [3.05, 3.63) is 0 Å². The number of carbonyl (C=O) groups excluding carboxylic acids is 2. The summed E-state index contributed by atoms with van der Waals surface area (Å²) in [6.07, 6.45) is -3.17. The third-order valence-electron chi connectivity index (χ3n) is 0. The molecule has 0 aliphatic heterocycles. The maximum atomic E-state index is 8.67. The average molecular weight is 232 g/mol. The molecule has 0 aromatic carbocycles. The van der Waals surface area contributed by atoms with Crippen LogP contribution in [0.3, 0.4) is 0 Å². The first kappa shape index (κ1) is 15.8. The fourth-order valence-corrected chi connectivity index (χ4v) is 0. The monoisotopic (exact) mass is 234 g/mol. The van der Waals surface area contributed by atoms with Gasteiger partial charge in [-0.15, -0.1) is 0 Å². The second-order valence-electron chi connectivity index (χ2n) is 0.638. The molecule has 0 saturated carbocycles. The predicted octanol–water partition coefficient (Wildman–Crippen LogP) is -3.43. The van der Waals surface area contributed by atoms with E-state index in [-0.39, 0.29) is 27.3 Å². The SMILES string of the molecule is NC(=O)[O-].NC(=O)[O-].[Cd+2]. The number of amides is 2. The number of carbonyl (C=O) groups is 2. The molecule has 0 unspecified atom stereocenters. The van der Waals surface area contributed by atoms with Gasteiger partial charge in [-0.25, -0.2) is 0 Å². The third kappa shape index (κ3) is 769. The van der Waals surface area contributed by atoms with Gasteiger partial charge < -0.3 is 31.3 Å². The van der Waals surface area contributed by atoms with Crippen molar-refractivity contribution in [3.63, 3.8) is 0 Å². The molecular weight excluding hydrogens is 228 g/mol. The zero-order chi connectivity index (χ0) is 7.15. The number of hydrogen-bond donors (Lipinski definition) is 2. The number of primary amides is 2. The molecule has 7 heteroatoms. The number of nitrogens with two attached hydrogens (primary N) is 2. The summed E-state index contributed by atoms with van der Waals surface area (Å²) in [6, 6.07) is 0. The fourth-order valence-electron chi connectivity index (χ4n) is 0. The topological polar surface area (TPSA) is 132 Å². The fraction of sp³-hybridized carbons (Fsp3) is 0. The maximum absolute atomic E-state index is 8.67. The molecule has 0 aromatic rings. The van der Waals surface area contributed by atoms with Gasteiger partial charge in [0.2, 0.25) is 0 Å². The minimum Gasteiger partial charge on any atom is -0.530 e. The minimum absolute atomic E-state index is 0. The zero-order valence-corrected chi connectivity index (χ0v) is 8.53.